The lowest BCUT2D eigenvalue weighted by Crippen LogP contribution is -2.21. The predicted molar refractivity (Wildman–Crippen MR) is 79.4 cm³/mol. The Hall–Kier alpha value is -1.62. The van der Waals surface area contributed by atoms with Gasteiger partial charge in [-0.15, -0.1) is 0 Å². The molecule has 0 saturated carbocycles. The number of unbranched alkanes of at least 4 members (excludes halogenated alkanes) is 1. The molecule has 5 nitrogen and oxygen atoms in total. The quantitative estimate of drug-likeness (QED) is 0.755. The third-order valence-electron chi connectivity index (χ3n) is 2.67. The van der Waals surface area contributed by atoms with Gasteiger partial charge in [-0.05, 0) is 32.6 Å². The fourth-order valence-electron chi connectivity index (χ4n) is 1.54. The molecule has 0 bridgehead atoms. The van der Waals surface area contributed by atoms with Crippen molar-refractivity contribution in [1.82, 2.24) is 9.88 Å². The minimum absolute atomic E-state index is 0.0527. The molecule has 0 atom stereocenters. The van der Waals surface area contributed by atoms with Crippen molar-refractivity contribution < 1.29 is 4.79 Å². The zero-order chi connectivity index (χ0) is 14.1. The standard InChI is InChI=1S/C14H24N4O/c1-4-5-6-14(19)17-12-7-8-13(16-11-12)15-9-10-18(2)3/h7-8,11H,4-6,9-10H2,1-3H3,(H,15,16)(H,17,19). The first-order valence-corrected chi connectivity index (χ1v) is 6.76. The first-order valence-electron chi connectivity index (χ1n) is 6.76. The van der Waals surface area contributed by atoms with Crippen LogP contribution in [0.2, 0.25) is 0 Å². The summed E-state index contributed by atoms with van der Waals surface area (Å²) in [6, 6.07) is 3.75. The Morgan fingerprint density at radius 1 is 1.37 bits per heavy atom. The molecule has 0 radical (unpaired) electrons. The number of hydrogen-bond acceptors (Lipinski definition) is 4. The van der Waals surface area contributed by atoms with Crippen LogP contribution in [0.3, 0.4) is 0 Å². The van der Waals surface area contributed by atoms with Crippen LogP contribution in [0.25, 0.3) is 0 Å². The summed E-state index contributed by atoms with van der Waals surface area (Å²) in [6.07, 6.45) is 4.20. The lowest BCUT2D eigenvalue weighted by molar-refractivity contribution is -0.116. The number of nitrogens with zero attached hydrogens (tertiary/aromatic N) is 2. The molecule has 1 aromatic rings. The van der Waals surface area contributed by atoms with E-state index < -0.39 is 0 Å². The van der Waals surface area contributed by atoms with Gasteiger partial charge in [0, 0.05) is 19.5 Å². The van der Waals surface area contributed by atoms with E-state index in [0.717, 1.165) is 37.4 Å². The zero-order valence-electron chi connectivity index (χ0n) is 12.1. The van der Waals surface area contributed by atoms with Crippen LogP contribution in [0.1, 0.15) is 26.2 Å². The molecule has 0 spiro atoms. The number of hydrogen-bond donors (Lipinski definition) is 2. The third kappa shape index (κ3) is 6.76. The molecule has 0 aliphatic rings. The number of rotatable bonds is 8. The molecular formula is C14H24N4O. The van der Waals surface area contributed by atoms with Crippen molar-refractivity contribution in [3.05, 3.63) is 18.3 Å². The van der Waals surface area contributed by atoms with Crippen LogP contribution < -0.4 is 10.6 Å². The highest BCUT2D eigenvalue weighted by atomic mass is 16.1. The van der Waals surface area contributed by atoms with Crippen LogP contribution in [-0.4, -0.2) is 43.0 Å². The molecule has 5 heteroatoms. The lowest BCUT2D eigenvalue weighted by Gasteiger charge is -2.11. The van der Waals surface area contributed by atoms with Gasteiger partial charge in [-0.1, -0.05) is 13.3 Å². The van der Waals surface area contributed by atoms with E-state index in [0.29, 0.717) is 6.42 Å². The van der Waals surface area contributed by atoms with Crippen LogP contribution in [0, 0.1) is 0 Å². The van der Waals surface area contributed by atoms with Crippen LogP contribution in [0.15, 0.2) is 18.3 Å². The van der Waals surface area contributed by atoms with Crippen molar-refractivity contribution in [1.29, 1.82) is 0 Å². The van der Waals surface area contributed by atoms with Crippen LogP contribution in [-0.2, 0) is 4.79 Å². The average molecular weight is 264 g/mol. The van der Waals surface area contributed by atoms with Gasteiger partial charge in [-0.3, -0.25) is 4.79 Å². The van der Waals surface area contributed by atoms with Crippen molar-refractivity contribution in [2.24, 2.45) is 0 Å². The number of aromatic nitrogens is 1. The van der Waals surface area contributed by atoms with Crippen LogP contribution in [0.4, 0.5) is 11.5 Å². The molecule has 1 rings (SSSR count). The fourth-order valence-corrected chi connectivity index (χ4v) is 1.54. The second kappa shape index (κ2) is 8.48. The highest BCUT2D eigenvalue weighted by Crippen LogP contribution is 2.10. The molecule has 106 valence electrons. The second-order valence-corrected chi connectivity index (χ2v) is 4.81. The Bertz CT molecular complexity index is 376. The molecule has 1 heterocycles. The van der Waals surface area contributed by atoms with E-state index in [2.05, 4.69) is 27.4 Å². The highest BCUT2D eigenvalue weighted by Gasteiger charge is 2.02. The van der Waals surface area contributed by atoms with Crippen molar-refractivity contribution in [2.75, 3.05) is 37.8 Å². The Balaban J connectivity index is 2.36. The topological polar surface area (TPSA) is 57.3 Å². The van der Waals surface area contributed by atoms with E-state index in [1.54, 1.807) is 6.20 Å². The number of nitrogens with one attached hydrogen (secondary N) is 2. The molecule has 1 aromatic heterocycles. The SMILES string of the molecule is CCCCC(=O)Nc1ccc(NCCN(C)C)nc1. The maximum absolute atomic E-state index is 11.5. The molecule has 1 amide bonds. The van der Waals surface area contributed by atoms with Gasteiger partial charge >= 0.3 is 0 Å². The summed E-state index contributed by atoms with van der Waals surface area (Å²) in [5, 5.41) is 6.07. The molecule has 0 fully saturated rings. The molecule has 0 aromatic carbocycles. The van der Waals surface area contributed by atoms with E-state index in [-0.39, 0.29) is 5.91 Å². The van der Waals surface area contributed by atoms with Gasteiger partial charge in [-0.25, -0.2) is 4.98 Å². The van der Waals surface area contributed by atoms with E-state index in [4.69, 9.17) is 0 Å². The van der Waals surface area contributed by atoms with Crippen LogP contribution in [0.5, 0.6) is 0 Å². The van der Waals surface area contributed by atoms with Crippen molar-refractivity contribution in [3.8, 4) is 0 Å². The minimum atomic E-state index is 0.0527. The second-order valence-electron chi connectivity index (χ2n) is 4.81. The third-order valence-corrected chi connectivity index (χ3v) is 2.67. The normalized spacial score (nSPS) is 10.5. The minimum Gasteiger partial charge on any atom is -0.369 e. The maximum atomic E-state index is 11.5. The summed E-state index contributed by atoms with van der Waals surface area (Å²) in [7, 11) is 4.06. The first-order chi connectivity index (χ1) is 9.11. The molecule has 2 N–H and O–H groups in total. The smallest absolute Gasteiger partial charge is 0.224 e. The Morgan fingerprint density at radius 3 is 2.74 bits per heavy atom. The van der Waals surface area contributed by atoms with Gasteiger partial charge in [0.1, 0.15) is 5.82 Å². The summed E-state index contributed by atoms with van der Waals surface area (Å²) in [5.41, 5.74) is 0.749. The molecule has 19 heavy (non-hydrogen) atoms. The van der Waals surface area contributed by atoms with Gasteiger partial charge in [0.15, 0.2) is 0 Å². The number of carbonyl (C=O) groups excluding carboxylic acids is 1. The number of amides is 1. The maximum Gasteiger partial charge on any atom is 0.224 e. The van der Waals surface area contributed by atoms with Gasteiger partial charge in [0.25, 0.3) is 0 Å². The Morgan fingerprint density at radius 2 is 2.16 bits per heavy atom. The summed E-state index contributed by atoms with van der Waals surface area (Å²) < 4.78 is 0. The average Bonchev–Trinajstić information content (AvgIpc) is 2.38. The molecular weight excluding hydrogens is 240 g/mol. The lowest BCUT2D eigenvalue weighted by atomic mass is 10.2. The molecule has 0 unspecified atom stereocenters. The summed E-state index contributed by atoms with van der Waals surface area (Å²) >= 11 is 0. The monoisotopic (exact) mass is 264 g/mol. The molecule has 0 saturated heterocycles. The van der Waals surface area contributed by atoms with E-state index in [9.17, 15) is 4.79 Å². The summed E-state index contributed by atoms with van der Waals surface area (Å²) in [6.45, 7) is 3.88. The van der Waals surface area contributed by atoms with Crippen LogP contribution >= 0.6 is 0 Å². The summed E-state index contributed by atoms with van der Waals surface area (Å²) in [4.78, 5) is 17.9. The van der Waals surface area contributed by atoms with Gasteiger partial charge < -0.3 is 15.5 Å². The predicted octanol–water partition coefficient (Wildman–Crippen LogP) is 2.18. The highest BCUT2D eigenvalue weighted by molar-refractivity contribution is 5.90. The first kappa shape index (κ1) is 15.4. The van der Waals surface area contributed by atoms with Crippen molar-refractivity contribution in [2.45, 2.75) is 26.2 Å². The van der Waals surface area contributed by atoms with Crippen molar-refractivity contribution >= 4 is 17.4 Å². The number of carbonyl (C=O) groups is 1. The zero-order valence-corrected chi connectivity index (χ0v) is 12.1. The molecule has 0 aliphatic carbocycles. The Labute approximate surface area is 115 Å². The molecule has 0 aliphatic heterocycles. The van der Waals surface area contributed by atoms with E-state index in [1.807, 2.05) is 26.2 Å². The van der Waals surface area contributed by atoms with E-state index in [1.165, 1.54) is 0 Å². The van der Waals surface area contributed by atoms with Gasteiger partial charge in [0.05, 0.1) is 11.9 Å². The Kier molecular flexibility index (Phi) is 6.89. The summed E-state index contributed by atoms with van der Waals surface area (Å²) in [5.74, 6) is 0.880. The number of likely N-dealkylation sites (N-methyl/N-ethyl adjacent to an activating group) is 1. The van der Waals surface area contributed by atoms with Gasteiger partial charge in [-0.2, -0.15) is 0 Å². The number of anilines is 2. The van der Waals surface area contributed by atoms with Crippen molar-refractivity contribution in [3.63, 3.8) is 0 Å². The number of pyridine rings is 1. The van der Waals surface area contributed by atoms with Gasteiger partial charge in [0.2, 0.25) is 5.91 Å². The fraction of sp³-hybridized carbons (Fsp3) is 0.571. The van der Waals surface area contributed by atoms with E-state index >= 15 is 0 Å². The largest absolute Gasteiger partial charge is 0.369 e.